The highest BCUT2D eigenvalue weighted by molar-refractivity contribution is 5.86. The van der Waals surface area contributed by atoms with E-state index in [9.17, 15) is 4.79 Å². The van der Waals surface area contributed by atoms with Gasteiger partial charge in [0.25, 0.3) is 0 Å². The van der Waals surface area contributed by atoms with E-state index < -0.39 is 5.97 Å². The van der Waals surface area contributed by atoms with Crippen LogP contribution in [0, 0.1) is 0 Å². The van der Waals surface area contributed by atoms with Gasteiger partial charge in [0.1, 0.15) is 11.3 Å². The van der Waals surface area contributed by atoms with Gasteiger partial charge in [0.15, 0.2) is 12.2 Å². The van der Waals surface area contributed by atoms with Crippen LogP contribution in [0.2, 0.25) is 0 Å². The Balaban J connectivity index is 1.40. The van der Waals surface area contributed by atoms with Crippen LogP contribution >= 0.6 is 0 Å². The van der Waals surface area contributed by atoms with Crippen molar-refractivity contribution >= 4 is 17.1 Å². The highest BCUT2D eigenvalue weighted by Gasteiger charge is 2.15. The van der Waals surface area contributed by atoms with Gasteiger partial charge in [0, 0.05) is 12.4 Å². The molecule has 0 N–H and O–H groups in total. The lowest BCUT2D eigenvalue weighted by Crippen LogP contribution is -2.04. The minimum absolute atomic E-state index is 0.0529. The summed E-state index contributed by atoms with van der Waals surface area (Å²) in [5.74, 6) is 0.526. The van der Waals surface area contributed by atoms with E-state index >= 15 is 0 Å². The molecule has 0 aliphatic heterocycles. The Kier molecular flexibility index (Phi) is 3.59. The van der Waals surface area contributed by atoms with Gasteiger partial charge in [0.2, 0.25) is 11.7 Å². The normalized spacial score (nSPS) is 11.0. The number of aromatic nitrogens is 3. The van der Waals surface area contributed by atoms with Gasteiger partial charge in [-0.1, -0.05) is 12.1 Å². The number of hydrogen-bond acceptors (Lipinski definition) is 6. The molecule has 3 heterocycles. The maximum absolute atomic E-state index is 12.0. The fourth-order valence-electron chi connectivity index (χ4n) is 2.31. The first kappa shape index (κ1) is 14.3. The molecule has 0 saturated carbocycles. The molecule has 0 amide bonds. The van der Waals surface area contributed by atoms with Crippen molar-refractivity contribution in [3.63, 3.8) is 0 Å². The predicted octanol–water partition coefficient (Wildman–Crippen LogP) is 3.02. The van der Waals surface area contributed by atoms with Gasteiger partial charge < -0.3 is 13.6 Å². The average Bonchev–Trinajstić information content (AvgIpc) is 3.33. The Morgan fingerprint density at radius 1 is 1.12 bits per heavy atom. The van der Waals surface area contributed by atoms with Crippen molar-refractivity contribution in [2.45, 2.75) is 13.2 Å². The molecule has 7 heteroatoms. The molecule has 0 spiro atoms. The summed E-state index contributed by atoms with van der Waals surface area (Å²) >= 11 is 0. The molecular weight excluding hydrogens is 310 g/mol. The second-order valence-electron chi connectivity index (χ2n) is 5.12. The third kappa shape index (κ3) is 2.91. The number of rotatable bonds is 5. The summed E-state index contributed by atoms with van der Waals surface area (Å²) < 4.78 is 17.9. The van der Waals surface area contributed by atoms with E-state index in [-0.39, 0.29) is 12.4 Å². The number of ether oxygens (including phenoxy) is 1. The summed E-state index contributed by atoms with van der Waals surface area (Å²) in [6.07, 6.45) is 3.49. The quantitative estimate of drug-likeness (QED) is 0.525. The summed E-state index contributed by atoms with van der Waals surface area (Å²) in [7, 11) is 0. The van der Waals surface area contributed by atoms with Crippen LogP contribution in [0.1, 0.15) is 22.2 Å². The van der Waals surface area contributed by atoms with E-state index in [0.717, 1.165) is 5.52 Å². The highest BCUT2D eigenvalue weighted by atomic mass is 16.6. The zero-order chi connectivity index (χ0) is 16.4. The number of nitrogens with zero attached hydrogens (tertiary/aromatic N) is 3. The van der Waals surface area contributed by atoms with Crippen LogP contribution in [0.15, 0.2) is 63.7 Å². The lowest BCUT2D eigenvalue weighted by molar-refractivity contribution is 0.0402. The number of furan rings is 1. The maximum Gasteiger partial charge on any atom is 0.374 e. The van der Waals surface area contributed by atoms with Crippen LogP contribution in [-0.4, -0.2) is 20.7 Å². The Morgan fingerprint density at radius 2 is 2.04 bits per heavy atom. The second kappa shape index (κ2) is 6.04. The van der Waals surface area contributed by atoms with E-state index in [1.165, 1.54) is 0 Å². The lowest BCUT2D eigenvalue weighted by Gasteiger charge is -2.00. The minimum Gasteiger partial charge on any atom is -0.452 e. The molecule has 0 radical (unpaired) electrons. The van der Waals surface area contributed by atoms with E-state index in [4.69, 9.17) is 13.6 Å². The lowest BCUT2D eigenvalue weighted by atomic mass is 10.3. The Hall–Kier alpha value is -3.35. The molecule has 3 aromatic heterocycles. The number of carbonyl (C=O) groups is 1. The van der Waals surface area contributed by atoms with Crippen LogP contribution in [0.25, 0.3) is 11.1 Å². The molecule has 0 saturated heterocycles. The zero-order valence-corrected chi connectivity index (χ0v) is 12.6. The van der Waals surface area contributed by atoms with Gasteiger partial charge in [-0.3, -0.25) is 4.68 Å². The van der Waals surface area contributed by atoms with E-state index in [1.54, 1.807) is 23.0 Å². The smallest absolute Gasteiger partial charge is 0.374 e. The van der Waals surface area contributed by atoms with Crippen molar-refractivity contribution in [3.8, 4) is 0 Å². The fourth-order valence-corrected chi connectivity index (χ4v) is 2.31. The average molecular weight is 323 g/mol. The van der Waals surface area contributed by atoms with Gasteiger partial charge in [-0.05, 0) is 30.3 Å². The number of fused-ring (bicyclic) bond motifs is 1. The van der Waals surface area contributed by atoms with Gasteiger partial charge in [-0.15, -0.1) is 0 Å². The first-order chi connectivity index (χ1) is 11.8. The summed E-state index contributed by atoms with van der Waals surface area (Å²) in [6, 6.07) is 12.5. The largest absolute Gasteiger partial charge is 0.452 e. The van der Waals surface area contributed by atoms with E-state index in [2.05, 4.69) is 10.1 Å². The molecule has 0 aliphatic rings. The third-order valence-electron chi connectivity index (χ3n) is 3.40. The first-order valence-electron chi connectivity index (χ1n) is 7.36. The number of para-hydroxylation sites is 2. The Bertz CT molecular complexity index is 936. The van der Waals surface area contributed by atoms with Crippen LogP contribution in [0.4, 0.5) is 0 Å². The number of hydrogen-bond donors (Lipinski definition) is 0. The maximum atomic E-state index is 12.0. The van der Waals surface area contributed by atoms with Crippen LogP contribution in [-0.2, 0) is 17.9 Å². The fraction of sp³-hybridized carbons (Fsp3) is 0.118. The monoisotopic (exact) mass is 323 g/mol. The first-order valence-corrected chi connectivity index (χ1v) is 7.36. The third-order valence-corrected chi connectivity index (χ3v) is 3.40. The van der Waals surface area contributed by atoms with Gasteiger partial charge in [-0.2, -0.15) is 5.10 Å². The van der Waals surface area contributed by atoms with E-state index in [1.807, 2.05) is 36.5 Å². The van der Waals surface area contributed by atoms with Crippen molar-refractivity contribution in [3.05, 3.63) is 72.3 Å². The minimum atomic E-state index is -0.566. The van der Waals surface area contributed by atoms with Crippen molar-refractivity contribution in [2.24, 2.45) is 0 Å². The standard InChI is InChI=1S/C17H13N3O4/c21-17(15-7-6-12(23-15)10-20-9-3-8-18-20)22-11-16-19-13-4-1-2-5-14(13)24-16/h1-9H,10-11H2. The number of carbonyl (C=O) groups excluding carboxylic acids is 1. The zero-order valence-electron chi connectivity index (χ0n) is 12.6. The van der Waals surface area contributed by atoms with Gasteiger partial charge in [-0.25, -0.2) is 9.78 Å². The number of oxazole rings is 1. The summed E-state index contributed by atoms with van der Waals surface area (Å²) in [4.78, 5) is 16.3. The summed E-state index contributed by atoms with van der Waals surface area (Å²) in [5.41, 5.74) is 1.38. The van der Waals surface area contributed by atoms with Crippen molar-refractivity contribution in [2.75, 3.05) is 0 Å². The number of benzene rings is 1. The second-order valence-corrected chi connectivity index (χ2v) is 5.12. The van der Waals surface area contributed by atoms with Gasteiger partial charge in [0.05, 0.1) is 6.54 Å². The number of esters is 1. The highest BCUT2D eigenvalue weighted by Crippen LogP contribution is 2.16. The topological polar surface area (TPSA) is 83.3 Å². The van der Waals surface area contributed by atoms with Crippen LogP contribution < -0.4 is 0 Å². The SMILES string of the molecule is O=C(OCc1nc2ccccc2o1)c1ccc(Cn2cccn2)o1. The summed E-state index contributed by atoms with van der Waals surface area (Å²) in [6.45, 7) is 0.397. The van der Waals surface area contributed by atoms with Crippen molar-refractivity contribution in [1.82, 2.24) is 14.8 Å². The van der Waals surface area contributed by atoms with Crippen LogP contribution in [0.5, 0.6) is 0 Å². The molecule has 0 bridgehead atoms. The molecule has 0 fully saturated rings. The molecule has 0 aliphatic carbocycles. The molecule has 0 unspecified atom stereocenters. The van der Waals surface area contributed by atoms with Gasteiger partial charge >= 0.3 is 5.97 Å². The molecule has 24 heavy (non-hydrogen) atoms. The van der Waals surface area contributed by atoms with Crippen LogP contribution in [0.3, 0.4) is 0 Å². The van der Waals surface area contributed by atoms with E-state index in [0.29, 0.717) is 23.8 Å². The molecule has 4 rings (SSSR count). The molecule has 120 valence electrons. The predicted molar refractivity (Wildman–Crippen MR) is 83.2 cm³/mol. The summed E-state index contributed by atoms with van der Waals surface area (Å²) in [5, 5.41) is 4.08. The molecular formula is C17H13N3O4. The molecule has 7 nitrogen and oxygen atoms in total. The molecule has 4 aromatic rings. The Labute approximate surface area is 136 Å². The molecule has 0 atom stereocenters. The molecule has 1 aromatic carbocycles. The van der Waals surface area contributed by atoms with Crippen molar-refractivity contribution < 1.29 is 18.4 Å². The Morgan fingerprint density at radius 3 is 2.88 bits per heavy atom. The van der Waals surface area contributed by atoms with Crippen molar-refractivity contribution in [1.29, 1.82) is 0 Å².